The zero-order valence-corrected chi connectivity index (χ0v) is 11.3. The Morgan fingerprint density at radius 2 is 2.16 bits per heavy atom. The SMILES string of the molecule is CC(=O)N1CCCC(C(=O)NC2CCC(=O)NC2)C1. The van der Waals surface area contributed by atoms with Gasteiger partial charge in [0.2, 0.25) is 17.7 Å². The summed E-state index contributed by atoms with van der Waals surface area (Å²) in [5.41, 5.74) is 0. The average Bonchev–Trinajstić information content (AvgIpc) is 2.41. The summed E-state index contributed by atoms with van der Waals surface area (Å²) in [6.07, 6.45) is 2.86. The lowest BCUT2D eigenvalue weighted by Gasteiger charge is -2.32. The lowest BCUT2D eigenvalue weighted by atomic mass is 9.96. The molecule has 2 atom stereocenters. The summed E-state index contributed by atoms with van der Waals surface area (Å²) < 4.78 is 0. The van der Waals surface area contributed by atoms with E-state index in [2.05, 4.69) is 10.6 Å². The van der Waals surface area contributed by atoms with Crippen molar-refractivity contribution in [3.63, 3.8) is 0 Å². The summed E-state index contributed by atoms with van der Waals surface area (Å²) in [6.45, 7) is 3.31. The Morgan fingerprint density at radius 3 is 2.79 bits per heavy atom. The molecule has 2 aliphatic heterocycles. The molecule has 2 N–H and O–H groups in total. The van der Waals surface area contributed by atoms with Gasteiger partial charge in [-0.1, -0.05) is 0 Å². The van der Waals surface area contributed by atoms with E-state index in [4.69, 9.17) is 0 Å². The number of carbonyl (C=O) groups excluding carboxylic acids is 3. The Morgan fingerprint density at radius 1 is 1.37 bits per heavy atom. The lowest BCUT2D eigenvalue weighted by Crippen LogP contribution is -2.51. The lowest BCUT2D eigenvalue weighted by molar-refractivity contribution is -0.134. The van der Waals surface area contributed by atoms with E-state index < -0.39 is 0 Å². The van der Waals surface area contributed by atoms with Crippen LogP contribution in [-0.2, 0) is 14.4 Å². The zero-order valence-electron chi connectivity index (χ0n) is 11.3. The maximum absolute atomic E-state index is 12.2. The second-order valence-electron chi connectivity index (χ2n) is 5.35. The summed E-state index contributed by atoms with van der Waals surface area (Å²) in [7, 11) is 0. The number of nitrogens with zero attached hydrogens (tertiary/aromatic N) is 1. The molecule has 106 valence electrons. The molecule has 2 saturated heterocycles. The van der Waals surface area contributed by atoms with Crippen LogP contribution in [0.4, 0.5) is 0 Å². The minimum Gasteiger partial charge on any atom is -0.354 e. The van der Waals surface area contributed by atoms with Gasteiger partial charge in [-0.05, 0) is 19.3 Å². The van der Waals surface area contributed by atoms with Gasteiger partial charge in [-0.3, -0.25) is 14.4 Å². The summed E-state index contributed by atoms with van der Waals surface area (Å²) in [5.74, 6) is -0.0317. The quantitative estimate of drug-likeness (QED) is 0.717. The molecule has 0 aromatic heterocycles. The molecule has 0 bridgehead atoms. The molecular weight excluding hydrogens is 246 g/mol. The third-order valence-electron chi connectivity index (χ3n) is 3.85. The van der Waals surface area contributed by atoms with Crippen molar-refractivity contribution in [2.75, 3.05) is 19.6 Å². The first kappa shape index (κ1) is 13.8. The van der Waals surface area contributed by atoms with Crippen LogP contribution in [0, 0.1) is 5.92 Å². The van der Waals surface area contributed by atoms with Crippen LogP contribution in [0.2, 0.25) is 0 Å². The normalized spacial score (nSPS) is 27.6. The molecule has 0 spiro atoms. The van der Waals surface area contributed by atoms with E-state index in [0.29, 0.717) is 25.9 Å². The molecule has 3 amide bonds. The molecule has 2 unspecified atom stereocenters. The van der Waals surface area contributed by atoms with Crippen molar-refractivity contribution in [3.05, 3.63) is 0 Å². The number of carbonyl (C=O) groups is 3. The van der Waals surface area contributed by atoms with Crippen molar-refractivity contribution in [2.24, 2.45) is 5.92 Å². The Kier molecular flexibility index (Phi) is 4.39. The van der Waals surface area contributed by atoms with Crippen molar-refractivity contribution in [1.29, 1.82) is 0 Å². The van der Waals surface area contributed by atoms with E-state index in [1.807, 2.05) is 0 Å². The van der Waals surface area contributed by atoms with Crippen LogP contribution in [0.5, 0.6) is 0 Å². The predicted molar refractivity (Wildman–Crippen MR) is 69.2 cm³/mol. The number of nitrogens with one attached hydrogen (secondary N) is 2. The number of hydrogen-bond donors (Lipinski definition) is 2. The molecule has 2 aliphatic rings. The first-order chi connectivity index (χ1) is 9.06. The van der Waals surface area contributed by atoms with E-state index in [1.165, 1.54) is 6.92 Å². The Balaban J connectivity index is 1.82. The zero-order chi connectivity index (χ0) is 13.8. The van der Waals surface area contributed by atoms with Gasteiger partial charge < -0.3 is 15.5 Å². The highest BCUT2D eigenvalue weighted by Gasteiger charge is 2.29. The largest absolute Gasteiger partial charge is 0.354 e. The van der Waals surface area contributed by atoms with Crippen molar-refractivity contribution < 1.29 is 14.4 Å². The molecular formula is C13H21N3O3. The summed E-state index contributed by atoms with van der Waals surface area (Å²) >= 11 is 0. The maximum Gasteiger partial charge on any atom is 0.225 e. The molecule has 0 aromatic carbocycles. The fourth-order valence-corrected chi connectivity index (χ4v) is 2.65. The summed E-state index contributed by atoms with van der Waals surface area (Å²) in [5, 5.41) is 5.73. The highest BCUT2D eigenvalue weighted by molar-refractivity contribution is 5.81. The summed E-state index contributed by atoms with van der Waals surface area (Å²) in [6, 6.07) is 0.0258. The minimum atomic E-state index is -0.115. The Hall–Kier alpha value is -1.59. The van der Waals surface area contributed by atoms with Crippen molar-refractivity contribution in [1.82, 2.24) is 15.5 Å². The van der Waals surface area contributed by atoms with Crippen LogP contribution in [-0.4, -0.2) is 48.3 Å². The van der Waals surface area contributed by atoms with Gasteiger partial charge in [-0.2, -0.15) is 0 Å². The topological polar surface area (TPSA) is 78.5 Å². The van der Waals surface area contributed by atoms with Crippen LogP contribution in [0.25, 0.3) is 0 Å². The van der Waals surface area contributed by atoms with Crippen LogP contribution < -0.4 is 10.6 Å². The van der Waals surface area contributed by atoms with Gasteiger partial charge in [0, 0.05) is 39.0 Å². The summed E-state index contributed by atoms with van der Waals surface area (Å²) in [4.78, 5) is 36.3. The van der Waals surface area contributed by atoms with Crippen molar-refractivity contribution in [3.8, 4) is 0 Å². The second kappa shape index (κ2) is 6.04. The van der Waals surface area contributed by atoms with Crippen LogP contribution in [0.1, 0.15) is 32.6 Å². The van der Waals surface area contributed by atoms with E-state index in [1.54, 1.807) is 4.90 Å². The average molecular weight is 267 g/mol. The number of likely N-dealkylation sites (tertiary alicyclic amines) is 1. The fourth-order valence-electron chi connectivity index (χ4n) is 2.65. The molecule has 6 nitrogen and oxygen atoms in total. The molecule has 6 heteroatoms. The molecule has 0 aromatic rings. The van der Waals surface area contributed by atoms with E-state index in [0.717, 1.165) is 19.4 Å². The van der Waals surface area contributed by atoms with Crippen molar-refractivity contribution >= 4 is 17.7 Å². The third kappa shape index (κ3) is 3.68. The molecule has 2 fully saturated rings. The fraction of sp³-hybridized carbons (Fsp3) is 0.769. The molecule has 0 saturated carbocycles. The van der Waals surface area contributed by atoms with Gasteiger partial charge in [0.05, 0.1) is 5.92 Å². The van der Waals surface area contributed by atoms with Gasteiger partial charge in [0.15, 0.2) is 0 Å². The van der Waals surface area contributed by atoms with E-state index >= 15 is 0 Å². The minimum absolute atomic E-state index is 0.00657. The third-order valence-corrected chi connectivity index (χ3v) is 3.85. The van der Waals surface area contributed by atoms with Crippen LogP contribution in [0.15, 0.2) is 0 Å². The number of amides is 3. The van der Waals surface area contributed by atoms with Gasteiger partial charge in [-0.15, -0.1) is 0 Å². The monoisotopic (exact) mass is 267 g/mol. The smallest absolute Gasteiger partial charge is 0.225 e. The highest BCUT2D eigenvalue weighted by atomic mass is 16.2. The standard InChI is InChI=1S/C13H21N3O3/c1-9(17)16-6-2-3-10(8-16)13(19)15-11-4-5-12(18)14-7-11/h10-11H,2-8H2,1H3,(H,14,18)(H,15,19). The number of piperidine rings is 2. The molecule has 2 heterocycles. The predicted octanol–water partition coefficient (Wildman–Crippen LogP) is -0.360. The van der Waals surface area contributed by atoms with Gasteiger partial charge in [0.25, 0.3) is 0 Å². The first-order valence-corrected chi connectivity index (χ1v) is 6.89. The highest BCUT2D eigenvalue weighted by Crippen LogP contribution is 2.17. The molecule has 0 aliphatic carbocycles. The van der Waals surface area contributed by atoms with E-state index in [-0.39, 0.29) is 29.7 Å². The van der Waals surface area contributed by atoms with Gasteiger partial charge in [-0.25, -0.2) is 0 Å². The van der Waals surface area contributed by atoms with Crippen molar-refractivity contribution in [2.45, 2.75) is 38.6 Å². The molecule has 2 rings (SSSR count). The van der Waals surface area contributed by atoms with Gasteiger partial charge in [0.1, 0.15) is 0 Å². The number of rotatable bonds is 2. The van der Waals surface area contributed by atoms with Crippen LogP contribution >= 0.6 is 0 Å². The second-order valence-corrected chi connectivity index (χ2v) is 5.35. The van der Waals surface area contributed by atoms with Crippen LogP contribution in [0.3, 0.4) is 0 Å². The van der Waals surface area contributed by atoms with E-state index in [9.17, 15) is 14.4 Å². The number of hydrogen-bond acceptors (Lipinski definition) is 3. The van der Waals surface area contributed by atoms with Gasteiger partial charge >= 0.3 is 0 Å². The molecule has 19 heavy (non-hydrogen) atoms. The maximum atomic E-state index is 12.2. The Labute approximate surface area is 112 Å². The molecule has 0 radical (unpaired) electrons. The first-order valence-electron chi connectivity index (χ1n) is 6.89. The Bertz CT molecular complexity index is 373.